The van der Waals surface area contributed by atoms with E-state index in [9.17, 15) is 4.79 Å². The zero-order valence-corrected chi connectivity index (χ0v) is 7.42. The Morgan fingerprint density at radius 1 is 1.45 bits per heavy atom. The molecule has 64 valence electrons. The van der Waals surface area contributed by atoms with Crippen LogP contribution in [-0.2, 0) is 4.79 Å². The van der Waals surface area contributed by atoms with Gasteiger partial charge in [0, 0.05) is 0 Å². The first-order valence-electron chi connectivity index (χ1n) is 4.25. The molecule has 0 spiro atoms. The molecule has 0 aromatic carbocycles. The standard InChI is InChI=1S/C8H16N2O/c1-4-10(5-2)7-6(3)9-8(7)11/h6-7H,4-5H2,1-3H3,(H,9,11)/t6-,7+/m1/s1. The largest absolute Gasteiger partial charge is 0.350 e. The molecule has 0 aromatic rings. The minimum absolute atomic E-state index is 0.130. The van der Waals surface area contributed by atoms with Gasteiger partial charge in [0.2, 0.25) is 5.91 Å². The number of nitrogens with one attached hydrogen (secondary N) is 1. The summed E-state index contributed by atoms with van der Waals surface area (Å²) < 4.78 is 0. The van der Waals surface area contributed by atoms with Crippen molar-refractivity contribution in [2.24, 2.45) is 0 Å². The van der Waals surface area contributed by atoms with Crippen LogP contribution in [0.25, 0.3) is 0 Å². The van der Waals surface area contributed by atoms with Crippen LogP contribution in [0, 0.1) is 0 Å². The van der Waals surface area contributed by atoms with Crippen molar-refractivity contribution in [3.8, 4) is 0 Å². The van der Waals surface area contributed by atoms with Crippen LogP contribution in [-0.4, -0.2) is 36.0 Å². The van der Waals surface area contributed by atoms with E-state index in [0.29, 0.717) is 6.04 Å². The van der Waals surface area contributed by atoms with Gasteiger partial charge in [0.25, 0.3) is 0 Å². The second kappa shape index (κ2) is 3.22. The number of carbonyl (C=O) groups is 1. The number of likely N-dealkylation sites (N-methyl/N-ethyl adjacent to an activating group) is 1. The predicted octanol–water partition coefficient (Wildman–Crippen LogP) is 0.215. The maximum Gasteiger partial charge on any atom is 0.239 e. The zero-order valence-electron chi connectivity index (χ0n) is 7.42. The van der Waals surface area contributed by atoms with E-state index in [0.717, 1.165) is 13.1 Å². The van der Waals surface area contributed by atoms with Gasteiger partial charge < -0.3 is 5.32 Å². The van der Waals surface area contributed by atoms with E-state index in [2.05, 4.69) is 24.1 Å². The third-order valence-electron chi connectivity index (χ3n) is 2.32. The lowest BCUT2D eigenvalue weighted by atomic mass is 9.99. The molecule has 1 fully saturated rings. The Labute approximate surface area is 67.8 Å². The summed E-state index contributed by atoms with van der Waals surface area (Å²) in [7, 11) is 0. The minimum Gasteiger partial charge on any atom is -0.350 e. The molecule has 3 heteroatoms. The van der Waals surface area contributed by atoms with Crippen molar-refractivity contribution < 1.29 is 4.79 Å². The average molecular weight is 156 g/mol. The number of hydrogen-bond acceptors (Lipinski definition) is 2. The highest BCUT2D eigenvalue weighted by Crippen LogP contribution is 2.12. The fourth-order valence-electron chi connectivity index (χ4n) is 1.62. The van der Waals surface area contributed by atoms with Gasteiger partial charge in [-0.25, -0.2) is 0 Å². The smallest absolute Gasteiger partial charge is 0.239 e. The molecular weight excluding hydrogens is 140 g/mol. The molecule has 0 unspecified atom stereocenters. The van der Waals surface area contributed by atoms with Gasteiger partial charge in [0.15, 0.2) is 0 Å². The van der Waals surface area contributed by atoms with Gasteiger partial charge in [-0.1, -0.05) is 13.8 Å². The molecule has 1 aliphatic heterocycles. The topological polar surface area (TPSA) is 32.3 Å². The molecule has 1 rings (SSSR count). The van der Waals surface area contributed by atoms with Gasteiger partial charge in [-0.05, 0) is 20.0 Å². The van der Waals surface area contributed by atoms with E-state index in [1.807, 2.05) is 6.92 Å². The third kappa shape index (κ3) is 1.38. The Morgan fingerprint density at radius 3 is 2.18 bits per heavy atom. The Bertz CT molecular complexity index is 154. The molecule has 0 saturated carbocycles. The van der Waals surface area contributed by atoms with Gasteiger partial charge >= 0.3 is 0 Å². The Balaban J connectivity index is 2.50. The van der Waals surface area contributed by atoms with Gasteiger partial charge in [0.1, 0.15) is 6.04 Å². The molecule has 11 heavy (non-hydrogen) atoms. The molecule has 1 aliphatic rings. The van der Waals surface area contributed by atoms with Crippen LogP contribution in [0.2, 0.25) is 0 Å². The van der Waals surface area contributed by atoms with Crippen molar-refractivity contribution in [2.45, 2.75) is 32.9 Å². The molecule has 1 saturated heterocycles. The molecule has 1 amide bonds. The Morgan fingerprint density at radius 2 is 2.00 bits per heavy atom. The molecular formula is C8H16N2O. The molecule has 0 aromatic heterocycles. The molecule has 0 bridgehead atoms. The fraction of sp³-hybridized carbons (Fsp3) is 0.875. The number of nitrogens with zero attached hydrogens (tertiary/aromatic N) is 1. The SMILES string of the molecule is CCN(CC)[C@@H]1C(=O)N[C@@H]1C. The Hall–Kier alpha value is -0.570. The van der Waals surface area contributed by atoms with Crippen molar-refractivity contribution >= 4 is 5.91 Å². The van der Waals surface area contributed by atoms with Gasteiger partial charge in [-0.2, -0.15) is 0 Å². The summed E-state index contributed by atoms with van der Waals surface area (Å²) in [6.45, 7) is 8.13. The predicted molar refractivity (Wildman–Crippen MR) is 44.3 cm³/mol. The van der Waals surface area contributed by atoms with Gasteiger partial charge in [0.05, 0.1) is 6.04 Å². The van der Waals surface area contributed by atoms with Crippen molar-refractivity contribution in [1.82, 2.24) is 10.2 Å². The second-order valence-electron chi connectivity index (χ2n) is 2.96. The molecule has 1 N–H and O–H groups in total. The first-order valence-corrected chi connectivity index (χ1v) is 4.25. The summed E-state index contributed by atoms with van der Waals surface area (Å²) in [6, 6.07) is 0.465. The number of hydrogen-bond donors (Lipinski definition) is 1. The lowest BCUT2D eigenvalue weighted by Crippen LogP contribution is -2.67. The summed E-state index contributed by atoms with van der Waals surface area (Å²) in [5, 5.41) is 2.82. The lowest BCUT2D eigenvalue weighted by Gasteiger charge is -2.41. The molecule has 2 atom stereocenters. The van der Waals surface area contributed by atoms with Crippen molar-refractivity contribution in [2.75, 3.05) is 13.1 Å². The monoisotopic (exact) mass is 156 g/mol. The first-order chi connectivity index (χ1) is 5.20. The first kappa shape index (κ1) is 8.53. The van der Waals surface area contributed by atoms with Crippen LogP contribution in [0.4, 0.5) is 0 Å². The number of β-lactam (4-membered cyclic amide) rings is 1. The van der Waals surface area contributed by atoms with Crippen LogP contribution >= 0.6 is 0 Å². The number of carbonyl (C=O) groups excluding carboxylic acids is 1. The van der Waals surface area contributed by atoms with E-state index >= 15 is 0 Å². The highest BCUT2D eigenvalue weighted by Gasteiger charge is 2.38. The lowest BCUT2D eigenvalue weighted by molar-refractivity contribution is -0.136. The van der Waals surface area contributed by atoms with E-state index in [1.54, 1.807) is 0 Å². The average Bonchev–Trinajstić information content (AvgIpc) is 2.00. The summed E-state index contributed by atoms with van der Waals surface area (Å²) >= 11 is 0. The van der Waals surface area contributed by atoms with Crippen molar-refractivity contribution in [1.29, 1.82) is 0 Å². The molecule has 0 aliphatic carbocycles. The van der Waals surface area contributed by atoms with E-state index < -0.39 is 0 Å². The van der Waals surface area contributed by atoms with Crippen molar-refractivity contribution in [3.05, 3.63) is 0 Å². The van der Waals surface area contributed by atoms with Crippen molar-refractivity contribution in [3.63, 3.8) is 0 Å². The number of rotatable bonds is 3. The zero-order chi connectivity index (χ0) is 8.43. The third-order valence-corrected chi connectivity index (χ3v) is 2.32. The van der Waals surface area contributed by atoms with Gasteiger partial charge in [-0.15, -0.1) is 0 Å². The second-order valence-corrected chi connectivity index (χ2v) is 2.96. The minimum atomic E-state index is 0.130. The van der Waals surface area contributed by atoms with Gasteiger partial charge in [-0.3, -0.25) is 9.69 Å². The maximum absolute atomic E-state index is 11.0. The summed E-state index contributed by atoms with van der Waals surface area (Å²) in [4.78, 5) is 13.2. The highest BCUT2D eigenvalue weighted by atomic mass is 16.2. The van der Waals surface area contributed by atoms with Crippen LogP contribution in [0.3, 0.4) is 0 Å². The van der Waals surface area contributed by atoms with E-state index in [4.69, 9.17) is 0 Å². The van der Waals surface area contributed by atoms with Crippen LogP contribution < -0.4 is 5.32 Å². The molecule has 0 radical (unpaired) electrons. The van der Waals surface area contributed by atoms with E-state index in [1.165, 1.54) is 0 Å². The number of amides is 1. The highest BCUT2D eigenvalue weighted by molar-refractivity contribution is 5.89. The summed E-state index contributed by atoms with van der Waals surface area (Å²) in [5.41, 5.74) is 0. The van der Waals surface area contributed by atoms with Crippen LogP contribution in [0.5, 0.6) is 0 Å². The molecule has 1 heterocycles. The molecule has 3 nitrogen and oxygen atoms in total. The fourth-order valence-corrected chi connectivity index (χ4v) is 1.62. The Kier molecular flexibility index (Phi) is 2.49. The summed E-state index contributed by atoms with van der Waals surface area (Å²) in [5.74, 6) is 0.182. The quantitative estimate of drug-likeness (QED) is 0.593. The van der Waals surface area contributed by atoms with E-state index in [-0.39, 0.29) is 11.9 Å². The summed E-state index contributed by atoms with van der Waals surface area (Å²) in [6.07, 6.45) is 0. The normalized spacial score (nSPS) is 30.0. The van der Waals surface area contributed by atoms with Crippen LogP contribution in [0.1, 0.15) is 20.8 Å². The van der Waals surface area contributed by atoms with Crippen LogP contribution in [0.15, 0.2) is 0 Å². The maximum atomic E-state index is 11.0.